The van der Waals surface area contributed by atoms with Gasteiger partial charge in [-0.3, -0.25) is 0 Å². The minimum absolute atomic E-state index is 0.128. The lowest BCUT2D eigenvalue weighted by Gasteiger charge is -2.34. The second kappa shape index (κ2) is 2.98. The maximum Gasteiger partial charge on any atom is 0.191 e. The van der Waals surface area contributed by atoms with Crippen LogP contribution in [0.3, 0.4) is 0 Å². The topological polar surface area (TPSA) is 60.3 Å². The van der Waals surface area contributed by atoms with E-state index in [-0.39, 0.29) is 12.6 Å². The normalized spacial score (nSPS) is 25.4. The van der Waals surface area contributed by atoms with E-state index in [0.29, 0.717) is 5.69 Å². The van der Waals surface area contributed by atoms with Gasteiger partial charge in [0.25, 0.3) is 0 Å². The highest BCUT2D eigenvalue weighted by Gasteiger charge is 2.30. The quantitative estimate of drug-likeness (QED) is 0.699. The van der Waals surface area contributed by atoms with Crippen LogP contribution in [0.2, 0.25) is 0 Å². The number of hydrogen-bond acceptors (Lipinski definition) is 3. The Morgan fingerprint density at radius 3 is 2.87 bits per heavy atom. The maximum atomic E-state index is 5.92. The van der Waals surface area contributed by atoms with Crippen LogP contribution in [0.15, 0.2) is 24.4 Å². The summed E-state index contributed by atoms with van der Waals surface area (Å²) in [5.41, 5.74) is 8.55. The van der Waals surface area contributed by atoms with E-state index in [9.17, 15) is 0 Å². The van der Waals surface area contributed by atoms with Gasteiger partial charge in [-0.05, 0) is 30.5 Å². The zero-order chi connectivity index (χ0) is 10.4. The summed E-state index contributed by atoms with van der Waals surface area (Å²) in [4.78, 5) is 3.11. The molecular formula is C11H12N2O2. The molecule has 1 aliphatic heterocycles. The number of nitrogen functional groups attached to an aromatic ring is 1. The summed E-state index contributed by atoms with van der Waals surface area (Å²) >= 11 is 0. The molecule has 2 aromatic rings. The maximum absolute atomic E-state index is 5.92. The zero-order valence-electron chi connectivity index (χ0n) is 8.36. The SMILES string of the molecule is CC1OC(c2cc3cc[nH]c3cc2N)O1. The first-order valence-electron chi connectivity index (χ1n) is 4.91. The van der Waals surface area contributed by atoms with Crippen molar-refractivity contribution in [1.29, 1.82) is 0 Å². The van der Waals surface area contributed by atoms with E-state index in [4.69, 9.17) is 15.2 Å². The van der Waals surface area contributed by atoms with Gasteiger partial charge in [0.1, 0.15) is 0 Å². The number of fused-ring (bicyclic) bond motifs is 1. The second-order valence-corrected chi connectivity index (χ2v) is 3.72. The molecule has 2 heterocycles. The molecule has 15 heavy (non-hydrogen) atoms. The summed E-state index contributed by atoms with van der Waals surface area (Å²) < 4.78 is 10.8. The molecule has 0 unspecified atom stereocenters. The lowest BCUT2D eigenvalue weighted by Crippen LogP contribution is -2.32. The molecule has 1 fully saturated rings. The molecule has 0 spiro atoms. The third kappa shape index (κ3) is 1.30. The molecule has 0 saturated carbocycles. The average molecular weight is 204 g/mol. The van der Waals surface area contributed by atoms with E-state index >= 15 is 0 Å². The molecule has 1 saturated heterocycles. The largest absolute Gasteiger partial charge is 0.398 e. The molecule has 0 atom stereocenters. The molecule has 3 rings (SSSR count). The third-order valence-electron chi connectivity index (χ3n) is 2.64. The highest BCUT2D eigenvalue weighted by Crippen LogP contribution is 2.36. The van der Waals surface area contributed by atoms with E-state index in [0.717, 1.165) is 16.5 Å². The summed E-state index contributed by atoms with van der Waals surface area (Å²) in [7, 11) is 0. The van der Waals surface area contributed by atoms with E-state index < -0.39 is 0 Å². The predicted molar refractivity (Wildman–Crippen MR) is 57.1 cm³/mol. The van der Waals surface area contributed by atoms with Gasteiger partial charge in [-0.15, -0.1) is 0 Å². The van der Waals surface area contributed by atoms with Crippen molar-refractivity contribution >= 4 is 16.6 Å². The van der Waals surface area contributed by atoms with Crippen LogP contribution < -0.4 is 5.73 Å². The van der Waals surface area contributed by atoms with Gasteiger partial charge < -0.3 is 20.2 Å². The van der Waals surface area contributed by atoms with Crippen molar-refractivity contribution in [2.45, 2.75) is 19.5 Å². The molecule has 1 aromatic heterocycles. The van der Waals surface area contributed by atoms with Crippen LogP contribution >= 0.6 is 0 Å². The van der Waals surface area contributed by atoms with Crippen LogP contribution in [0.4, 0.5) is 5.69 Å². The lowest BCUT2D eigenvalue weighted by molar-refractivity contribution is -0.382. The number of rotatable bonds is 1. The van der Waals surface area contributed by atoms with Crippen molar-refractivity contribution in [3.63, 3.8) is 0 Å². The molecule has 4 nitrogen and oxygen atoms in total. The number of aromatic nitrogens is 1. The van der Waals surface area contributed by atoms with Gasteiger partial charge in [0.05, 0.1) is 0 Å². The summed E-state index contributed by atoms with van der Waals surface area (Å²) in [6.45, 7) is 1.86. The molecule has 3 N–H and O–H groups in total. The van der Waals surface area contributed by atoms with E-state index in [2.05, 4.69) is 4.98 Å². The fraction of sp³-hybridized carbons (Fsp3) is 0.273. The minimum atomic E-state index is -0.306. The fourth-order valence-corrected chi connectivity index (χ4v) is 1.84. The van der Waals surface area contributed by atoms with Gasteiger partial charge in [0, 0.05) is 23.0 Å². The molecule has 4 heteroatoms. The smallest absolute Gasteiger partial charge is 0.191 e. The first-order valence-corrected chi connectivity index (χ1v) is 4.91. The fourth-order valence-electron chi connectivity index (χ4n) is 1.84. The predicted octanol–water partition coefficient (Wildman–Crippen LogP) is 2.14. The standard InChI is InChI=1S/C11H12N2O2/c1-6-14-11(15-6)8-4-7-2-3-13-10(7)5-9(8)12/h2-6,11,13H,12H2,1H3. The summed E-state index contributed by atoms with van der Waals surface area (Å²) in [5.74, 6) is 0. The van der Waals surface area contributed by atoms with E-state index in [1.54, 1.807) is 0 Å². The Morgan fingerprint density at radius 2 is 2.13 bits per heavy atom. The second-order valence-electron chi connectivity index (χ2n) is 3.72. The van der Waals surface area contributed by atoms with Crippen molar-refractivity contribution in [2.75, 3.05) is 5.73 Å². The van der Waals surface area contributed by atoms with Crippen LogP contribution in [-0.4, -0.2) is 11.3 Å². The summed E-state index contributed by atoms with van der Waals surface area (Å²) in [6.07, 6.45) is 1.45. The average Bonchev–Trinajstić information content (AvgIpc) is 2.59. The Kier molecular flexibility index (Phi) is 1.74. The molecule has 0 radical (unpaired) electrons. The first kappa shape index (κ1) is 8.76. The van der Waals surface area contributed by atoms with Crippen molar-refractivity contribution < 1.29 is 9.47 Å². The monoisotopic (exact) mass is 204 g/mol. The van der Waals surface area contributed by atoms with Gasteiger partial charge in [0.2, 0.25) is 0 Å². The van der Waals surface area contributed by atoms with E-state index in [1.807, 2.05) is 31.3 Å². The molecule has 78 valence electrons. The summed E-state index contributed by atoms with van der Waals surface area (Å²) in [6, 6.07) is 5.90. The lowest BCUT2D eigenvalue weighted by atomic mass is 10.1. The molecule has 1 aromatic carbocycles. The Hall–Kier alpha value is -1.52. The van der Waals surface area contributed by atoms with Gasteiger partial charge in [0.15, 0.2) is 12.6 Å². The molecule has 0 aliphatic carbocycles. The van der Waals surface area contributed by atoms with Crippen molar-refractivity contribution in [3.05, 3.63) is 30.0 Å². The number of H-pyrrole nitrogens is 1. The Morgan fingerprint density at radius 1 is 1.33 bits per heavy atom. The van der Waals surface area contributed by atoms with Crippen LogP contribution in [0.5, 0.6) is 0 Å². The number of nitrogens with two attached hydrogens (primary N) is 1. The number of anilines is 1. The Labute approximate surface area is 87.0 Å². The Bertz CT molecular complexity index is 500. The van der Waals surface area contributed by atoms with Gasteiger partial charge in [-0.25, -0.2) is 0 Å². The Balaban J connectivity index is 2.06. The number of ether oxygens (including phenoxy) is 2. The molecule has 1 aliphatic rings. The van der Waals surface area contributed by atoms with Crippen LogP contribution in [0.25, 0.3) is 10.9 Å². The summed E-state index contributed by atoms with van der Waals surface area (Å²) in [5, 5.41) is 1.12. The van der Waals surface area contributed by atoms with Gasteiger partial charge >= 0.3 is 0 Å². The van der Waals surface area contributed by atoms with Crippen molar-refractivity contribution in [2.24, 2.45) is 0 Å². The van der Waals surface area contributed by atoms with Gasteiger partial charge in [-0.1, -0.05) is 0 Å². The highest BCUT2D eigenvalue weighted by molar-refractivity contribution is 5.84. The van der Waals surface area contributed by atoms with E-state index in [1.165, 1.54) is 0 Å². The van der Waals surface area contributed by atoms with Crippen molar-refractivity contribution in [1.82, 2.24) is 4.98 Å². The number of benzene rings is 1. The number of hydrogen-bond donors (Lipinski definition) is 2. The molecular weight excluding hydrogens is 192 g/mol. The number of nitrogens with one attached hydrogen (secondary N) is 1. The van der Waals surface area contributed by atoms with Crippen LogP contribution in [0, 0.1) is 0 Å². The third-order valence-corrected chi connectivity index (χ3v) is 2.64. The molecule has 0 bridgehead atoms. The molecule has 0 amide bonds. The highest BCUT2D eigenvalue weighted by atomic mass is 16.9. The van der Waals surface area contributed by atoms with Crippen LogP contribution in [0.1, 0.15) is 18.8 Å². The first-order chi connectivity index (χ1) is 7.24. The van der Waals surface area contributed by atoms with Crippen LogP contribution in [-0.2, 0) is 9.47 Å². The number of aromatic amines is 1. The minimum Gasteiger partial charge on any atom is -0.398 e. The van der Waals surface area contributed by atoms with Gasteiger partial charge in [-0.2, -0.15) is 0 Å². The zero-order valence-corrected chi connectivity index (χ0v) is 8.36. The van der Waals surface area contributed by atoms with Crippen molar-refractivity contribution in [3.8, 4) is 0 Å².